The number of hydrogen-bond donors (Lipinski definition) is 0. The predicted octanol–water partition coefficient (Wildman–Crippen LogP) is 13.1. The molecule has 0 saturated carbocycles. The maximum atomic E-state index is 5.43. The molecule has 0 aliphatic rings. The van der Waals surface area contributed by atoms with Gasteiger partial charge in [-0.2, -0.15) is 0 Å². The quantitative estimate of drug-likeness (QED) is 0.176. The summed E-state index contributed by atoms with van der Waals surface area (Å²) in [4.78, 5) is 10.7. The molecule has 10 aromatic rings. The SMILES string of the molecule is c1ccc(-c2ccc(-c3nc(-n4c5ccccc5c5cc(-c6cccc(-c7ccccc7)c6)cc(-c6ccccc6)c54)nc4ccccc34)cc2)cc1. The molecule has 0 N–H and O–H groups in total. The van der Waals surface area contributed by atoms with Gasteiger partial charge in [-0.3, -0.25) is 4.57 Å². The van der Waals surface area contributed by atoms with Crippen LogP contribution in [0.5, 0.6) is 0 Å². The highest BCUT2D eigenvalue weighted by Gasteiger charge is 2.21. The van der Waals surface area contributed by atoms with E-state index in [2.05, 4.69) is 205 Å². The third kappa shape index (κ3) is 5.47. The van der Waals surface area contributed by atoms with E-state index in [4.69, 9.17) is 9.97 Å². The van der Waals surface area contributed by atoms with Gasteiger partial charge in [0.05, 0.1) is 22.2 Å². The number of nitrogens with zero attached hydrogens (tertiary/aromatic N) is 3. The highest BCUT2D eigenvalue weighted by atomic mass is 15.2. The van der Waals surface area contributed by atoms with Gasteiger partial charge in [0.15, 0.2) is 0 Å². The summed E-state index contributed by atoms with van der Waals surface area (Å²) in [7, 11) is 0. The lowest BCUT2D eigenvalue weighted by Crippen LogP contribution is -2.04. The van der Waals surface area contributed by atoms with Crippen molar-refractivity contribution in [1.82, 2.24) is 14.5 Å². The van der Waals surface area contributed by atoms with Gasteiger partial charge in [-0.15, -0.1) is 0 Å². The van der Waals surface area contributed by atoms with Gasteiger partial charge < -0.3 is 0 Å². The van der Waals surface area contributed by atoms with E-state index in [-0.39, 0.29) is 0 Å². The minimum absolute atomic E-state index is 0.646. The van der Waals surface area contributed by atoms with E-state index < -0.39 is 0 Å². The van der Waals surface area contributed by atoms with E-state index >= 15 is 0 Å². The number of para-hydroxylation sites is 2. The van der Waals surface area contributed by atoms with Gasteiger partial charge in [-0.05, 0) is 69.3 Å². The van der Waals surface area contributed by atoms with Crippen LogP contribution in [0.2, 0.25) is 0 Å². The second-order valence-corrected chi connectivity index (χ2v) is 13.4. The summed E-state index contributed by atoms with van der Waals surface area (Å²) in [6.45, 7) is 0. The summed E-state index contributed by atoms with van der Waals surface area (Å²) in [6, 6.07) is 71.0. The Bertz CT molecular complexity index is 2910. The van der Waals surface area contributed by atoms with Gasteiger partial charge in [0.2, 0.25) is 5.95 Å². The van der Waals surface area contributed by atoms with Crippen LogP contribution in [0.15, 0.2) is 200 Å². The van der Waals surface area contributed by atoms with Crippen molar-refractivity contribution in [2.75, 3.05) is 0 Å². The number of fused-ring (bicyclic) bond motifs is 4. The number of rotatable bonds is 6. The van der Waals surface area contributed by atoms with Crippen LogP contribution >= 0.6 is 0 Å². The Morgan fingerprint density at radius 2 is 0.849 bits per heavy atom. The molecule has 2 aromatic heterocycles. The zero-order valence-electron chi connectivity index (χ0n) is 28.9. The van der Waals surface area contributed by atoms with Crippen molar-refractivity contribution in [3.05, 3.63) is 200 Å². The van der Waals surface area contributed by atoms with Crippen LogP contribution in [-0.4, -0.2) is 14.5 Å². The molecule has 2 heterocycles. The molecule has 0 bridgehead atoms. The second kappa shape index (κ2) is 12.9. The van der Waals surface area contributed by atoms with Crippen LogP contribution in [-0.2, 0) is 0 Å². The summed E-state index contributed by atoms with van der Waals surface area (Å²) in [6.07, 6.45) is 0. The average Bonchev–Trinajstić information content (AvgIpc) is 3.58. The fourth-order valence-electron chi connectivity index (χ4n) is 7.65. The van der Waals surface area contributed by atoms with Crippen LogP contribution in [0.1, 0.15) is 0 Å². The van der Waals surface area contributed by atoms with Crippen molar-refractivity contribution in [3.63, 3.8) is 0 Å². The highest BCUT2D eigenvalue weighted by molar-refractivity contribution is 6.15. The molecule has 0 amide bonds. The first-order valence-corrected chi connectivity index (χ1v) is 18.0. The van der Waals surface area contributed by atoms with Crippen LogP contribution in [0, 0.1) is 0 Å². The zero-order chi connectivity index (χ0) is 35.1. The van der Waals surface area contributed by atoms with Crippen molar-refractivity contribution in [3.8, 4) is 61.7 Å². The summed E-state index contributed by atoms with van der Waals surface area (Å²) >= 11 is 0. The minimum atomic E-state index is 0.646. The van der Waals surface area contributed by atoms with Gasteiger partial charge in [-0.25, -0.2) is 9.97 Å². The lowest BCUT2D eigenvalue weighted by atomic mass is 9.94. The van der Waals surface area contributed by atoms with E-state index in [0.717, 1.165) is 60.7 Å². The minimum Gasteiger partial charge on any atom is -0.277 e. The van der Waals surface area contributed by atoms with E-state index in [1.807, 2.05) is 0 Å². The van der Waals surface area contributed by atoms with Gasteiger partial charge >= 0.3 is 0 Å². The van der Waals surface area contributed by atoms with Crippen molar-refractivity contribution < 1.29 is 0 Å². The Morgan fingerprint density at radius 1 is 0.321 bits per heavy atom. The molecule has 0 unspecified atom stereocenters. The molecule has 0 fully saturated rings. The molecule has 3 heteroatoms. The average molecular weight is 676 g/mol. The van der Waals surface area contributed by atoms with Crippen molar-refractivity contribution in [2.24, 2.45) is 0 Å². The highest BCUT2D eigenvalue weighted by Crippen LogP contribution is 2.42. The Morgan fingerprint density at radius 3 is 1.57 bits per heavy atom. The van der Waals surface area contributed by atoms with Gasteiger partial charge in [0.1, 0.15) is 0 Å². The molecule has 0 saturated heterocycles. The third-order valence-electron chi connectivity index (χ3n) is 10.2. The first-order valence-electron chi connectivity index (χ1n) is 18.0. The molecular weight excluding hydrogens is 643 g/mol. The predicted molar refractivity (Wildman–Crippen MR) is 221 cm³/mol. The Labute approximate surface area is 308 Å². The molecule has 0 spiro atoms. The summed E-state index contributed by atoms with van der Waals surface area (Å²) in [5.74, 6) is 0.646. The first kappa shape index (κ1) is 30.7. The Hall–Kier alpha value is -7.10. The fraction of sp³-hybridized carbons (Fsp3) is 0. The van der Waals surface area contributed by atoms with Gasteiger partial charge in [0.25, 0.3) is 0 Å². The zero-order valence-corrected chi connectivity index (χ0v) is 28.9. The largest absolute Gasteiger partial charge is 0.277 e. The normalized spacial score (nSPS) is 11.4. The molecule has 10 rings (SSSR count). The van der Waals surface area contributed by atoms with Crippen molar-refractivity contribution >= 4 is 32.7 Å². The molecular formula is C50H33N3. The maximum absolute atomic E-state index is 5.43. The van der Waals surface area contributed by atoms with Crippen molar-refractivity contribution in [2.45, 2.75) is 0 Å². The van der Waals surface area contributed by atoms with Gasteiger partial charge in [0, 0.05) is 27.3 Å². The molecule has 3 nitrogen and oxygen atoms in total. The van der Waals surface area contributed by atoms with Crippen LogP contribution in [0.3, 0.4) is 0 Å². The van der Waals surface area contributed by atoms with E-state index in [0.29, 0.717) is 5.95 Å². The van der Waals surface area contributed by atoms with E-state index in [1.54, 1.807) is 0 Å². The summed E-state index contributed by atoms with van der Waals surface area (Å²) in [5.41, 5.74) is 14.4. The Kier molecular flexibility index (Phi) is 7.47. The molecule has 0 aliphatic heterocycles. The molecule has 0 aliphatic carbocycles. The number of hydrogen-bond acceptors (Lipinski definition) is 2. The molecule has 8 aromatic carbocycles. The monoisotopic (exact) mass is 675 g/mol. The molecule has 0 radical (unpaired) electrons. The summed E-state index contributed by atoms with van der Waals surface area (Å²) in [5, 5.41) is 3.34. The standard InChI is InChI=1S/C50H33N3/c1-4-15-34(16-5-1)36-27-29-38(30-28-36)48-43-24-10-12-25-46(43)51-50(52-48)53-47-26-13-11-23-42(47)45-33-41(32-44(49(45)53)37-19-8-3-9-20-37)40-22-14-21-39(31-40)35-17-6-2-7-18-35/h1-33H. The summed E-state index contributed by atoms with van der Waals surface area (Å²) < 4.78 is 2.27. The Balaban J connectivity index is 1.23. The second-order valence-electron chi connectivity index (χ2n) is 13.4. The molecule has 248 valence electrons. The smallest absolute Gasteiger partial charge is 0.235 e. The number of aromatic nitrogens is 3. The van der Waals surface area contributed by atoms with Crippen LogP contribution in [0.25, 0.3) is 94.4 Å². The first-order chi connectivity index (χ1) is 26.3. The lowest BCUT2D eigenvalue weighted by molar-refractivity contribution is 1.01. The van der Waals surface area contributed by atoms with Crippen LogP contribution < -0.4 is 0 Å². The molecule has 53 heavy (non-hydrogen) atoms. The van der Waals surface area contributed by atoms with Crippen molar-refractivity contribution in [1.29, 1.82) is 0 Å². The topological polar surface area (TPSA) is 30.7 Å². The number of benzene rings is 8. The fourth-order valence-corrected chi connectivity index (χ4v) is 7.65. The third-order valence-corrected chi connectivity index (χ3v) is 10.2. The van der Waals surface area contributed by atoms with E-state index in [1.165, 1.54) is 27.8 Å². The van der Waals surface area contributed by atoms with E-state index in [9.17, 15) is 0 Å². The molecule has 0 atom stereocenters. The maximum Gasteiger partial charge on any atom is 0.235 e. The van der Waals surface area contributed by atoms with Gasteiger partial charge in [-0.1, -0.05) is 170 Å². The lowest BCUT2D eigenvalue weighted by Gasteiger charge is -2.15. The van der Waals surface area contributed by atoms with Crippen LogP contribution in [0.4, 0.5) is 0 Å².